The summed E-state index contributed by atoms with van der Waals surface area (Å²) in [6, 6.07) is 8.67. The van der Waals surface area contributed by atoms with Gasteiger partial charge in [0, 0.05) is 29.1 Å². The summed E-state index contributed by atoms with van der Waals surface area (Å²) in [7, 11) is 0. The maximum atomic E-state index is 5.91. The molecule has 0 saturated carbocycles. The number of para-hydroxylation sites is 1. The van der Waals surface area contributed by atoms with E-state index >= 15 is 0 Å². The van der Waals surface area contributed by atoms with Crippen LogP contribution in [-0.4, -0.2) is 17.6 Å². The largest absolute Gasteiger partial charge is 0.493 e. The molecule has 0 fully saturated rings. The van der Waals surface area contributed by atoms with E-state index in [1.807, 2.05) is 23.7 Å². The van der Waals surface area contributed by atoms with E-state index in [0.29, 0.717) is 18.6 Å². The third kappa shape index (κ3) is 2.03. The second-order valence-electron chi connectivity index (χ2n) is 5.65. The van der Waals surface area contributed by atoms with Crippen LogP contribution in [0.15, 0.2) is 35.8 Å². The Hall–Kier alpha value is -1.39. The van der Waals surface area contributed by atoms with Crippen molar-refractivity contribution in [3.63, 3.8) is 0 Å². The van der Waals surface area contributed by atoms with E-state index in [4.69, 9.17) is 4.74 Å². The highest BCUT2D eigenvalue weighted by Gasteiger charge is 2.46. The van der Waals surface area contributed by atoms with Gasteiger partial charge in [-0.2, -0.15) is 0 Å². The minimum Gasteiger partial charge on any atom is -0.493 e. The van der Waals surface area contributed by atoms with Crippen LogP contribution in [0.25, 0.3) is 0 Å². The average molecular weight is 288 g/mol. The first-order valence-electron chi connectivity index (χ1n) is 7.04. The average Bonchev–Trinajstić information content (AvgIpc) is 2.96. The summed E-state index contributed by atoms with van der Waals surface area (Å²) in [6.07, 6.45) is 1.88. The molecule has 2 unspecified atom stereocenters. The number of nitrogens with one attached hydrogen (secondary N) is 1. The Kier molecular flexibility index (Phi) is 3.52. The Labute approximate surface area is 124 Å². The Morgan fingerprint density at radius 3 is 2.90 bits per heavy atom. The van der Waals surface area contributed by atoms with Crippen molar-refractivity contribution >= 4 is 11.3 Å². The first kappa shape index (κ1) is 13.6. The van der Waals surface area contributed by atoms with Gasteiger partial charge in [0.25, 0.3) is 0 Å². The molecule has 1 aliphatic heterocycles. The molecule has 0 saturated heterocycles. The van der Waals surface area contributed by atoms with Crippen molar-refractivity contribution in [3.05, 3.63) is 46.4 Å². The maximum absolute atomic E-state index is 5.91. The highest BCUT2D eigenvalue weighted by Crippen LogP contribution is 2.45. The van der Waals surface area contributed by atoms with Crippen LogP contribution in [0, 0.1) is 5.92 Å². The number of hydrogen-bond donors (Lipinski definition) is 1. The van der Waals surface area contributed by atoms with Crippen LogP contribution in [0.4, 0.5) is 0 Å². The van der Waals surface area contributed by atoms with Crippen LogP contribution in [0.3, 0.4) is 0 Å². The van der Waals surface area contributed by atoms with Crippen molar-refractivity contribution in [2.75, 3.05) is 6.61 Å². The van der Waals surface area contributed by atoms with E-state index in [9.17, 15) is 0 Å². The summed E-state index contributed by atoms with van der Waals surface area (Å²) in [5.41, 5.74) is 0.944. The fourth-order valence-electron chi connectivity index (χ4n) is 3.00. The standard InChI is InChI=1S/C16H20N2OS/c1-11(2)18-16(15-17-8-9-20-15)12(3)10-19-14-7-5-4-6-13(14)16/h4-9,11-12,18H,10H2,1-3H3. The van der Waals surface area contributed by atoms with Crippen LogP contribution in [0.1, 0.15) is 31.3 Å². The molecule has 1 aliphatic rings. The molecule has 0 spiro atoms. The van der Waals surface area contributed by atoms with Gasteiger partial charge in [-0.05, 0) is 19.9 Å². The van der Waals surface area contributed by atoms with Gasteiger partial charge in [-0.25, -0.2) is 4.98 Å². The maximum Gasteiger partial charge on any atom is 0.124 e. The van der Waals surface area contributed by atoms with E-state index in [2.05, 4.69) is 43.2 Å². The van der Waals surface area contributed by atoms with Crippen LogP contribution in [0.2, 0.25) is 0 Å². The number of ether oxygens (including phenoxy) is 1. The van der Waals surface area contributed by atoms with Crippen LogP contribution < -0.4 is 10.1 Å². The zero-order chi connectivity index (χ0) is 14.2. The van der Waals surface area contributed by atoms with Crippen LogP contribution >= 0.6 is 11.3 Å². The monoisotopic (exact) mass is 288 g/mol. The molecule has 2 heterocycles. The summed E-state index contributed by atoms with van der Waals surface area (Å²) >= 11 is 1.71. The van der Waals surface area contributed by atoms with Crippen molar-refractivity contribution in [1.82, 2.24) is 10.3 Å². The van der Waals surface area contributed by atoms with Gasteiger partial charge >= 0.3 is 0 Å². The molecule has 0 bridgehead atoms. The molecule has 3 rings (SSSR count). The SMILES string of the molecule is CC(C)NC1(c2nccs2)c2ccccc2OCC1C. The Balaban J connectivity index is 2.22. The highest BCUT2D eigenvalue weighted by atomic mass is 32.1. The van der Waals surface area contributed by atoms with Gasteiger partial charge in [0.15, 0.2) is 0 Å². The fourth-order valence-corrected chi connectivity index (χ4v) is 3.93. The lowest BCUT2D eigenvalue weighted by Gasteiger charge is -2.44. The molecule has 20 heavy (non-hydrogen) atoms. The number of thiazole rings is 1. The molecule has 1 aromatic heterocycles. The predicted molar refractivity (Wildman–Crippen MR) is 82.3 cm³/mol. The minimum atomic E-state index is -0.253. The zero-order valence-electron chi connectivity index (χ0n) is 12.1. The van der Waals surface area contributed by atoms with Gasteiger partial charge < -0.3 is 4.74 Å². The minimum absolute atomic E-state index is 0.253. The molecular formula is C16H20N2OS. The Morgan fingerprint density at radius 2 is 2.20 bits per heavy atom. The van der Waals surface area contributed by atoms with Crippen LogP contribution in [-0.2, 0) is 5.54 Å². The molecule has 2 atom stereocenters. The van der Waals surface area contributed by atoms with Gasteiger partial charge in [-0.1, -0.05) is 25.1 Å². The second kappa shape index (κ2) is 5.19. The number of fused-ring (bicyclic) bond motifs is 1. The normalized spacial score (nSPS) is 25.3. The van der Waals surface area contributed by atoms with E-state index in [1.165, 1.54) is 5.56 Å². The topological polar surface area (TPSA) is 34.2 Å². The van der Waals surface area contributed by atoms with Crippen molar-refractivity contribution in [3.8, 4) is 5.75 Å². The smallest absolute Gasteiger partial charge is 0.124 e. The summed E-state index contributed by atoms with van der Waals surface area (Å²) < 4.78 is 5.91. The Morgan fingerprint density at radius 1 is 1.40 bits per heavy atom. The van der Waals surface area contributed by atoms with E-state index in [-0.39, 0.29) is 5.54 Å². The Bertz CT molecular complexity index is 582. The molecule has 0 radical (unpaired) electrons. The van der Waals surface area contributed by atoms with Gasteiger partial charge in [-0.15, -0.1) is 11.3 Å². The number of rotatable bonds is 3. The second-order valence-corrected chi connectivity index (χ2v) is 6.55. The molecule has 3 nitrogen and oxygen atoms in total. The van der Waals surface area contributed by atoms with Crippen molar-refractivity contribution in [1.29, 1.82) is 0 Å². The van der Waals surface area contributed by atoms with Crippen LogP contribution in [0.5, 0.6) is 5.75 Å². The molecule has 4 heteroatoms. The molecule has 106 valence electrons. The molecule has 0 amide bonds. The molecular weight excluding hydrogens is 268 g/mol. The van der Waals surface area contributed by atoms with Crippen molar-refractivity contribution < 1.29 is 4.74 Å². The summed E-state index contributed by atoms with van der Waals surface area (Å²) in [5.74, 6) is 1.29. The lowest BCUT2D eigenvalue weighted by atomic mass is 9.77. The lowest BCUT2D eigenvalue weighted by molar-refractivity contribution is 0.133. The number of aromatic nitrogens is 1. The van der Waals surface area contributed by atoms with E-state index in [0.717, 1.165) is 10.8 Å². The van der Waals surface area contributed by atoms with Gasteiger partial charge in [0.05, 0.1) is 6.61 Å². The van der Waals surface area contributed by atoms with Crippen molar-refractivity contribution in [2.24, 2.45) is 5.92 Å². The summed E-state index contributed by atoms with van der Waals surface area (Å²) in [6.45, 7) is 7.29. The third-order valence-electron chi connectivity index (χ3n) is 3.83. The molecule has 2 aromatic rings. The van der Waals surface area contributed by atoms with Gasteiger partial charge in [0.1, 0.15) is 16.3 Å². The highest BCUT2D eigenvalue weighted by molar-refractivity contribution is 7.09. The summed E-state index contributed by atoms with van der Waals surface area (Å²) in [5, 5.41) is 6.94. The van der Waals surface area contributed by atoms with E-state index in [1.54, 1.807) is 11.3 Å². The first-order valence-corrected chi connectivity index (χ1v) is 7.92. The van der Waals surface area contributed by atoms with Gasteiger partial charge in [-0.3, -0.25) is 5.32 Å². The first-order chi connectivity index (χ1) is 9.64. The fraction of sp³-hybridized carbons (Fsp3) is 0.438. The predicted octanol–water partition coefficient (Wildman–Crippen LogP) is 3.41. The quantitative estimate of drug-likeness (QED) is 0.940. The number of benzene rings is 1. The zero-order valence-corrected chi connectivity index (χ0v) is 12.9. The van der Waals surface area contributed by atoms with Crippen molar-refractivity contribution in [2.45, 2.75) is 32.4 Å². The molecule has 0 aliphatic carbocycles. The molecule has 1 N–H and O–H groups in total. The number of hydrogen-bond acceptors (Lipinski definition) is 4. The van der Waals surface area contributed by atoms with Gasteiger partial charge in [0.2, 0.25) is 0 Å². The lowest BCUT2D eigenvalue weighted by Crippen LogP contribution is -2.54. The third-order valence-corrected chi connectivity index (χ3v) is 4.73. The molecule has 1 aromatic carbocycles. The number of nitrogens with zero attached hydrogens (tertiary/aromatic N) is 1. The van der Waals surface area contributed by atoms with E-state index < -0.39 is 0 Å². The summed E-state index contributed by atoms with van der Waals surface area (Å²) in [4.78, 5) is 4.61.